The van der Waals surface area contributed by atoms with Crippen molar-refractivity contribution >= 4 is 5.82 Å². The molecule has 2 heterocycles. The highest BCUT2D eigenvalue weighted by molar-refractivity contribution is 5.63. The van der Waals surface area contributed by atoms with E-state index in [1.54, 1.807) is 6.20 Å². The minimum atomic E-state index is 0.522. The summed E-state index contributed by atoms with van der Waals surface area (Å²) in [5, 5.41) is 4.27. The third kappa shape index (κ3) is 1.76. The van der Waals surface area contributed by atoms with Crippen molar-refractivity contribution in [1.82, 2.24) is 19.7 Å². The van der Waals surface area contributed by atoms with Gasteiger partial charge in [-0.25, -0.2) is 9.97 Å². The van der Waals surface area contributed by atoms with Crippen LogP contribution >= 0.6 is 0 Å². The quantitative estimate of drug-likeness (QED) is 0.848. The number of aromatic nitrogens is 4. The first kappa shape index (κ1) is 10.6. The average Bonchev–Trinajstić information content (AvgIpc) is 2.71. The molecule has 0 atom stereocenters. The standard InChI is InChI=1S/C11H15N5/c1-3-6-16-9(4-5-15-16)10-8(2)11(12)14-7-13-10/h4-5,7H,3,6H2,1-2H3,(H2,12,13,14). The summed E-state index contributed by atoms with van der Waals surface area (Å²) in [4.78, 5) is 8.23. The van der Waals surface area contributed by atoms with Crippen LogP contribution in [0.15, 0.2) is 18.6 Å². The van der Waals surface area contributed by atoms with Crippen molar-refractivity contribution in [2.24, 2.45) is 0 Å². The summed E-state index contributed by atoms with van der Waals surface area (Å²) in [6.45, 7) is 4.92. The van der Waals surface area contributed by atoms with Gasteiger partial charge in [-0.3, -0.25) is 4.68 Å². The topological polar surface area (TPSA) is 69.6 Å². The zero-order chi connectivity index (χ0) is 11.5. The lowest BCUT2D eigenvalue weighted by atomic mass is 10.2. The van der Waals surface area contributed by atoms with Crippen LogP contribution in [0.25, 0.3) is 11.4 Å². The van der Waals surface area contributed by atoms with E-state index in [2.05, 4.69) is 22.0 Å². The summed E-state index contributed by atoms with van der Waals surface area (Å²) >= 11 is 0. The molecule has 0 amide bonds. The summed E-state index contributed by atoms with van der Waals surface area (Å²) in [7, 11) is 0. The molecule has 84 valence electrons. The first-order valence-electron chi connectivity index (χ1n) is 5.33. The number of nitrogens with zero attached hydrogens (tertiary/aromatic N) is 4. The van der Waals surface area contributed by atoms with Gasteiger partial charge in [0.1, 0.15) is 12.1 Å². The molecule has 0 spiro atoms. The Balaban J connectivity index is 2.50. The lowest BCUT2D eigenvalue weighted by Gasteiger charge is -2.08. The molecule has 0 bridgehead atoms. The van der Waals surface area contributed by atoms with Crippen LogP contribution < -0.4 is 5.73 Å². The molecule has 2 N–H and O–H groups in total. The molecule has 0 aliphatic heterocycles. The third-order valence-electron chi connectivity index (χ3n) is 2.52. The second kappa shape index (κ2) is 4.30. The zero-order valence-electron chi connectivity index (χ0n) is 9.51. The van der Waals surface area contributed by atoms with E-state index in [9.17, 15) is 0 Å². The second-order valence-corrected chi connectivity index (χ2v) is 3.67. The number of anilines is 1. The maximum Gasteiger partial charge on any atom is 0.130 e. The minimum absolute atomic E-state index is 0.522. The van der Waals surface area contributed by atoms with Crippen LogP contribution in [0.1, 0.15) is 18.9 Å². The van der Waals surface area contributed by atoms with Crippen molar-refractivity contribution in [2.45, 2.75) is 26.8 Å². The predicted molar refractivity (Wildman–Crippen MR) is 62.7 cm³/mol. The molecule has 0 radical (unpaired) electrons. The van der Waals surface area contributed by atoms with Crippen molar-refractivity contribution < 1.29 is 0 Å². The molecule has 0 aliphatic rings. The fraction of sp³-hybridized carbons (Fsp3) is 0.364. The molecule has 0 aliphatic carbocycles. The van der Waals surface area contributed by atoms with Crippen molar-refractivity contribution in [3.8, 4) is 11.4 Å². The first-order valence-corrected chi connectivity index (χ1v) is 5.33. The number of nitrogens with two attached hydrogens (primary N) is 1. The molecular formula is C11H15N5. The predicted octanol–water partition coefficient (Wildman–Crippen LogP) is 1.64. The largest absolute Gasteiger partial charge is 0.383 e. The molecule has 0 fully saturated rings. The van der Waals surface area contributed by atoms with Crippen LogP contribution in [0.4, 0.5) is 5.82 Å². The Bertz CT molecular complexity index is 489. The number of hydrogen-bond donors (Lipinski definition) is 1. The second-order valence-electron chi connectivity index (χ2n) is 3.67. The van der Waals surface area contributed by atoms with Crippen LogP contribution in [0, 0.1) is 6.92 Å². The molecule has 2 aromatic rings. The summed E-state index contributed by atoms with van der Waals surface area (Å²) in [5.41, 5.74) is 8.53. The van der Waals surface area contributed by atoms with Crippen LogP contribution in [0.5, 0.6) is 0 Å². The molecular weight excluding hydrogens is 202 g/mol. The zero-order valence-corrected chi connectivity index (χ0v) is 9.51. The number of rotatable bonds is 3. The molecule has 5 heteroatoms. The molecule has 2 aromatic heterocycles. The summed E-state index contributed by atoms with van der Waals surface area (Å²) in [5.74, 6) is 0.522. The van der Waals surface area contributed by atoms with E-state index in [1.807, 2.05) is 17.7 Å². The highest BCUT2D eigenvalue weighted by Gasteiger charge is 2.11. The Morgan fingerprint density at radius 1 is 1.38 bits per heavy atom. The van der Waals surface area contributed by atoms with Crippen molar-refractivity contribution in [3.05, 3.63) is 24.2 Å². The van der Waals surface area contributed by atoms with E-state index in [4.69, 9.17) is 5.73 Å². The minimum Gasteiger partial charge on any atom is -0.383 e. The molecule has 0 saturated heterocycles. The van der Waals surface area contributed by atoms with Gasteiger partial charge in [-0.15, -0.1) is 0 Å². The molecule has 16 heavy (non-hydrogen) atoms. The van der Waals surface area contributed by atoms with Gasteiger partial charge in [0, 0.05) is 18.3 Å². The Kier molecular flexibility index (Phi) is 2.85. The number of hydrogen-bond acceptors (Lipinski definition) is 4. The fourth-order valence-electron chi connectivity index (χ4n) is 1.65. The van der Waals surface area contributed by atoms with Crippen LogP contribution in [-0.2, 0) is 6.54 Å². The van der Waals surface area contributed by atoms with Gasteiger partial charge in [0.25, 0.3) is 0 Å². The smallest absolute Gasteiger partial charge is 0.130 e. The van der Waals surface area contributed by atoms with Crippen LogP contribution in [-0.4, -0.2) is 19.7 Å². The van der Waals surface area contributed by atoms with Gasteiger partial charge in [0.2, 0.25) is 0 Å². The molecule has 5 nitrogen and oxygen atoms in total. The van der Waals surface area contributed by atoms with Gasteiger partial charge in [-0.2, -0.15) is 5.10 Å². The van der Waals surface area contributed by atoms with E-state index >= 15 is 0 Å². The van der Waals surface area contributed by atoms with Gasteiger partial charge in [0.15, 0.2) is 0 Å². The lowest BCUT2D eigenvalue weighted by Crippen LogP contribution is -2.05. The summed E-state index contributed by atoms with van der Waals surface area (Å²) in [6.07, 6.45) is 4.30. The van der Waals surface area contributed by atoms with Gasteiger partial charge in [-0.05, 0) is 19.4 Å². The Morgan fingerprint density at radius 2 is 2.19 bits per heavy atom. The van der Waals surface area contributed by atoms with Crippen molar-refractivity contribution in [3.63, 3.8) is 0 Å². The van der Waals surface area contributed by atoms with E-state index in [0.29, 0.717) is 5.82 Å². The summed E-state index contributed by atoms with van der Waals surface area (Å²) in [6, 6.07) is 1.95. The Morgan fingerprint density at radius 3 is 2.94 bits per heavy atom. The van der Waals surface area contributed by atoms with Crippen LogP contribution in [0.2, 0.25) is 0 Å². The highest BCUT2D eigenvalue weighted by Crippen LogP contribution is 2.22. The first-order chi connectivity index (χ1) is 7.74. The molecule has 0 unspecified atom stereocenters. The van der Waals surface area contributed by atoms with Gasteiger partial charge in [-0.1, -0.05) is 6.92 Å². The van der Waals surface area contributed by atoms with Gasteiger partial charge >= 0.3 is 0 Å². The van der Waals surface area contributed by atoms with E-state index in [-0.39, 0.29) is 0 Å². The Hall–Kier alpha value is -1.91. The molecule has 0 aromatic carbocycles. The lowest BCUT2D eigenvalue weighted by molar-refractivity contribution is 0.607. The number of aryl methyl sites for hydroxylation is 1. The average molecular weight is 217 g/mol. The molecule has 0 saturated carbocycles. The van der Waals surface area contributed by atoms with E-state index in [0.717, 1.165) is 29.9 Å². The Labute approximate surface area is 94.3 Å². The maximum atomic E-state index is 5.77. The van der Waals surface area contributed by atoms with E-state index < -0.39 is 0 Å². The van der Waals surface area contributed by atoms with Crippen LogP contribution in [0.3, 0.4) is 0 Å². The summed E-state index contributed by atoms with van der Waals surface area (Å²) < 4.78 is 1.94. The monoisotopic (exact) mass is 217 g/mol. The third-order valence-corrected chi connectivity index (χ3v) is 2.52. The van der Waals surface area contributed by atoms with Gasteiger partial charge < -0.3 is 5.73 Å². The van der Waals surface area contributed by atoms with E-state index in [1.165, 1.54) is 6.33 Å². The van der Waals surface area contributed by atoms with Gasteiger partial charge in [0.05, 0.1) is 11.4 Å². The highest BCUT2D eigenvalue weighted by atomic mass is 15.3. The molecule has 2 rings (SSSR count). The van der Waals surface area contributed by atoms with Crippen molar-refractivity contribution in [2.75, 3.05) is 5.73 Å². The number of nitrogen functional groups attached to an aromatic ring is 1. The van der Waals surface area contributed by atoms with Crippen molar-refractivity contribution in [1.29, 1.82) is 0 Å². The fourth-order valence-corrected chi connectivity index (χ4v) is 1.65. The SMILES string of the molecule is CCCn1nccc1-c1ncnc(N)c1C. The normalized spacial score (nSPS) is 10.6. The maximum absolute atomic E-state index is 5.77.